The summed E-state index contributed by atoms with van der Waals surface area (Å²) in [6, 6.07) is 0. The highest BCUT2D eigenvalue weighted by Gasteiger charge is 2.87. The van der Waals surface area contributed by atoms with Crippen LogP contribution in [0.5, 0.6) is 0 Å². The van der Waals surface area contributed by atoms with Gasteiger partial charge in [0.25, 0.3) is 0 Å². The minimum Gasteiger partial charge on any atom is -0.461 e. The van der Waals surface area contributed by atoms with E-state index in [9.17, 15) is 29.7 Å². The third-order valence-electron chi connectivity index (χ3n) is 10.3. The van der Waals surface area contributed by atoms with E-state index in [2.05, 4.69) is 0 Å². The van der Waals surface area contributed by atoms with Gasteiger partial charge in [-0.2, -0.15) is 0 Å². The molecule has 0 aliphatic heterocycles. The minimum atomic E-state index is -1.78. The quantitative estimate of drug-likeness (QED) is 0.201. The minimum absolute atomic E-state index is 0.0202. The zero-order valence-corrected chi connectivity index (χ0v) is 25.6. The van der Waals surface area contributed by atoms with Gasteiger partial charge in [-0.25, -0.2) is 0 Å². The molecule has 3 N–H and O–H groups in total. The van der Waals surface area contributed by atoms with Crippen molar-refractivity contribution in [1.29, 1.82) is 0 Å². The molecule has 41 heavy (non-hydrogen) atoms. The second kappa shape index (κ2) is 11.1. The average Bonchev–Trinajstić information content (AvgIpc) is 3.31. The summed E-state index contributed by atoms with van der Waals surface area (Å²) in [5.41, 5.74) is -4.25. The molecule has 4 aliphatic rings. The zero-order chi connectivity index (χ0) is 30.5. The summed E-state index contributed by atoms with van der Waals surface area (Å²) in [7, 11) is 0. The summed E-state index contributed by atoms with van der Waals surface area (Å²) in [5.74, 6) is -4.04. The number of ether oxygens (including phenoxy) is 3. The van der Waals surface area contributed by atoms with Gasteiger partial charge in [-0.05, 0) is 37.3 Å². The number of esters is 3. The van der Waals surface area contributed by atoms with Crippen LogP contribution in [-0.4, -0.2) is 68.8 Å². The number of carbonyl (C=O) groups excluding carboxylic acids is 3. The van der Waals surface area contributed by atoms with Crippen molar-refractivity contribution in [1.82, 2.24) is 0 Å². The van der Waals surface area contributed by atoms with Gasteiger partial charge in [-0.1, -0.05) is 53.7 Å². The summed E-state index contributed by atoms with van der Waals surface area (Å²) in [4.78, 5) is 38.3. The van der Waals surface area contributed by atoms with Crippen LogP contribution >= 0.6 is 0 Å². The van der Waals surface area contributed by atoms with Gasteiger partial charge in [0.05, 0.1) is 5.60 Å². The molecule has 0 saturated heterocycles. The van der Waals surface area contributed by atoms with Crippen molar-refractivity contribution in [3.63, 3.8) is 0 Å². The van der Waals surface area contributed by atoms with Crippen LogP contribution in [0.3, 0.4) is 0 Å². The van der Waals surface area contributed by atoms with E-state index < -0.39 is 70.0 Å². The van der Waals surface area contributed by atoms with Crippen molar-refractivity contribution in [2.24, 2.45) is 29.1 Å². The third kappa shape index (κ3) is 4.76. The molecule has 4 aliphatic carbocycles. The first-order chi connectivity index (χ1) is 19.2. The van der Waals surface area contributed by atoms with Crippen molar-refractivity contribution in [2.45, 2.75) is 122 Å². The van der Waals surface area contributed by atoms with E-state index in [0.29, 0.717) is 30.4 Å². The maximum Gasteiger partial charge on any atom is 0.306 e. The predicted octanol–water partition coefficient (Wildman–Crippen LogP) is 3.77. The summed E-state index contributed by atoms with van der Waals surface area (Å²) >= 11 is 0. The molecule has 9 atom stereocenters. The molecule has 9 heteroatoms. The van der Waals surface area contributed by atoms with Crippen LogP contribution in [0.2, 0.25) is 0 Å². The van der Waals surface area contributed by atoms with Crippen LogP contribution in [0.1, 0.15) is 93.4 Å². The lowest BCUT2D eigenvalue weighted by atomic mass is 9.59. The van der Waals surface area contributed by atoms with E-state index in [0.717, 1.165) is 0 Å². The Morgan fingerprint density at radius 1 is 0.951 bits per heavy atom. The highest BCUT2D eigenvalue weighted by Crippen LogP contribution is 2.77. The number of aliphatic hydroxyl groups excluding tert-OH is 1. The lowest BCUT2D eigenvalue weighted by Crippen LogP contribution is -2.66. The van der Waals surface area contributed by atoms with Crippen molar-refractivity contribution in [3.8, 4) is 0 Å². The smallest absolute Gasteiger partial charge is 0.306 e. The Labute approximate surface area is 243 Å². The van der Waals surface area contributed by atoms with Crippen molar-refractivity contribution in [2.75, 3.05) is 6.61 Å². The van der Waals surface area contributed by atoms with E-state index >= 15 is 0 Å². The van der Waals surface area contributed by atoms with Crippen molar-refractivity contribution in [3.05, 3.63) is 23.3 Å². The summed E-state index contributed by atoms with van der Waals surface area (Å²) in [5, 5.41) is 36.2. The van der Waals surface area contributed by atoms with Gasteiger partial charge >= 0.3 is 17.9 Å². The van der Waals surface area contributed by atoms with Gasteiger partial charge in [-0.15, -0.1) is 0 Å². The summed E-state index contributed by atoms with van der Waals surface area (Å²) < 4.78 is 17.9. The molecule has 0 aromatic heterocycles. The maximum atomic E-state index is 13.0. The van der Waals surface area contributed by atoms with Crippen molar-refractivity contribution >= 4 is 17.9 Å². The van der Waals surface area contributed by atoms with Crippen LogP contribution in [-0.2, 0) is 28.6 Å². The molecular weight excluding hydrogens is 528 g/mol. The fourth-order valence-electron chi connectivity index (χ4n) is 8.28. The molecule has 0 radical (unpaired) electrons. The summed E-state index contributed by atoms with van der Waals surface area (Å²) in [6.07, 6.45) is 3.76. The second-order valence-electron chi connectivity index (χ2n) is 13.3. The van der Waals surface area contributed by atoms with E-state index in [-0.39, 0.29) is 38.3 Å². The monoisotopic (exact) mass is 576 g/mol. The molecule has 2 saturated carbocycles. The number of rotatable bonds is 10. The largest absolute Gasteiger partial charge is 0.461 e. The molecule has 0 heterocycles. The maximum absolute atomic E-state index is 13.0. The second-order valence-corrected chi connectivity index (χ2v) is 13.3. The lowest BCUT2D eigenvalue weighted by molar-refractivity contribution is -0.235. The van der Waals surface area contributed by atoms with Crippen LogP contribution in [0.4, 0.5) is 0 Å². The van der Waals surface area contributed by atoms with Crippen LogP contribution in [0.15, 0.2) is 23.3 Å². The van der Waals surface area contributed by atoms with Gasteiger partial charge in [0.1, 0.15) is 24.4 Å². The van der Waals surface area contributed by atoms with E-state index in [1.54, 1.807) is 19.9 Å². The normalized spacial score (nSPS) is 40.1. The highest BCUT2D eigenvalue weighted by molar-refractivity contribution is 5.72. The number of fused-ring (bicyclic) bond motifs is 5. The number of hydrogen-bond acceptors (Lipinski definition) is 9. The Hall–Kier alpha value is -2.23. The molecule has 0 aromatic rings. The zero-order valence-electron chi connectivity index (χ0n) is 25.6. The van der Waals surface area contributed by atoms with Gasteiger partial charge < -0.3 is 29.5 Å². The molecule has 0 aromatic carbocycles. The molecule has 9 nitrogen and oxygen atoms in total. The standard InChI is InChI=1S/C32H48O9/c1-8-11-23(33)39-17-20-15-21-26-29(6,7)32(26,41-25(35)13-10-3)28(40-24(34)12-9-2)19(5)31(21,38)22-14-18(4)27(36)30(22,37)16-20/h14-15,19,21-22,26-28,36-38H,8-13,16-17H2,1-7H3/t19-,21+,22-,26-,27+,28-,30-,31-,32-/m1/s1. The Morgan fingerprint density at radius 2 is 1.54 bits per heavy atom. The highest BCUT2D eigenvalue weighted by atomic mass is 16.6. The van der Waals surface area contributed by atoms with E-state index in [1.165, 1.54) is 0 Å². The molecule has 0 unspecified atom stereocenters. The van der Waals surface area contributed by atoms with Gasteiger partial charge in [0.2, 0.25) is 0 Å². The van der Waals surface area contributed by atoms with Crippen LogP contribution in [0, 0.1) is 29.1 Å². The molecule has 230 valence electrons. The Balaban J connectivity index is 1.88. The first kappa shape index (κ1) is 31.7. The average molecular weight is 577 g/mol. The van der Waals surface area contributed by atoms with Crippen molar-refractivity contribution < 1.29 is 43.9 Å². The molecule has 0 bridgehead atoms. The molecule has 0 amide bonds. The fourth-order valence-corrected chi connectivity index (χ4v) is 8.28. The first-order valence-electron chi connectivity index (χ1n) is 15.2. The topological polar surface area (TPSA) is 140 Å². The van der Waals surface area contributed by atoms with Gasteiger partial charge in [0.15, 0.2) is 5.60 Å². The van der Waals surface area contributed by atoms with Gasteiger partial charge in [-0.3, -0.25) is 14.4 Å². The third-order valence-corrected chi connectivity index (χ3v) is 10.3. The molecular formula is C32H48O9. The SMILES string of the molecule is CCCC(=O)OCC1=C[C@H]2[C@@H]3C(C)(C)[C@]3(OC(=O)CCC)[C@H](OC(=O)CCC)[C@@H](C)[C@]2(O)[C@@H]2C=C(C)[C@H](O)[C@@]2(O)C1. The Bertz CT molecular complexity index is 1120. The summed E-state index contributed by atoms with van der Waals surface area (Å²) in [6.45, 7) is 12.9. The van der Waals surface area contributed by atoms with E-state index in [4.69, 9.17) is 14.2 Å². The van der Waals surface area contributed by atoms with Crippen LogP contribution in [0.25, 0.3) is 0 Å². The lowest BCUT2D eigenvalue weighted by Gasteiger charge is -2.53. The number of aliphatic hydroxyl groups is 3. The first-order valence-corrected chi connectivity index (χ1v) is 15.2. The molecule has 0 spiro atoms. The predicted molar refractivity (Wildman–Crippen MR) is 150 cm³/mol. The fraction of sp³-hybridized carbons (Fsp3) is 0.781. The Morgan fingerprint density at radius 3 is 2.15 bits per heavy atom. The Kier molecular flexibility index (Phi) is 8.60. The number of carbonyl (C=O) groups is 3. The van der Waals surface area contributed by atoms with Crippen LogP contribution < -0.4 is 0 Å². The number of hydrogen-bond donors (Lipinski definition) is 3. The molecule has 4 rings (SSSR count). The van der Waals surface area contributed by atoms with E-state index in [1.807, 2.05) is 40.7 Å². The molecule has 2 fully saturated rings. The van der Waals surface area contributed by atoms with Gasteiger partial charge in [0, 0.05) is 54.8 Å².